The summed E-state index contributed by atoms with van der Waals surface area (Å²) in [5.74, 6) is -2.73. The summed E-state index contributed by atoms with van der Waals surface area (Å²) < 4.78 is 27.2. The quantitative estimate of drug-likeness (QED) is 0.422. The standard InChI is InChI=1S/C12H9FN6O2S/c13-6-22-9-5-7(1-2-8(9)19(20)21)16-12-10-11(17-18-12)15-4-3-14-10/h1-5H,6H2,(H2,15,16,17,18)/i6D2,13-1. The highest BCUT2D eigenvalue weighted by Crippen LogP contribution is 2.33. The van der Waals surface area contributed by atoms with Gasteiger partial charge in [-0.15, -0.1) is 0 Å². The molecule has 0 aliphatic carbocycles. The summed E-state index contributed by atoms with van der Waals surface area (Å²) in [4.78, 5) is 18.3. The summed E-state index contributed by atoms with van der Waals surface area (Å²) in [6, 6.07) is 3.86. The molecule has 0 spiro atoms. The Morgan fingerprint density at radius 1 is 1.45 bits per heavy atom. The minimum absolute atomic E-state index is 0.117. The molecule has 112 valence electrons. The number of nitrogens with zero attached hydrogens (tertiary/aromatic N) is 4. The molecule has 3 rings (SSSR count). The highest BCUT2D eigenvalue weighted by molar-refractivity contribution is 7.99. The van der Waals surface area contributed by atoms with E-state index in [0.29, 0.717) is 22.7 Å². The number of alkyl halides is 1. The lowest BCUT2D eigenvalue weighted by Gasteiger charge is -2.06. The number of thioether (sulfide) groups is 1. The first-order valence-corrected chi connectivity index (χ1v) is 6.73. The van der Waals surface area contributed by atoms with E-state index in [1.54, 1.807) is 0 Å². The van der Waals surface area contributed by atoms with Crippen LogP contribution < -0.4 is 5.32 Å². The maximum absolute atomic E-state index is 13.3. The van der Waals surface area contributed by atoms with Gasteiger partial charge < -0.3 is 5.32 Å². The van der Waals surface area contributed by atoms with Crippen molar-refractivity contribution in [3.05, 3.63) is 40.7 Å². The van der Waals surface area contributed by atoms with Crippen LogP contribution in [-0.4, -0.2) is 31.0 Å². The van der Waals surface area contributed by atoms with E-state index in [2.05, 4.69) is 25.5 Å². The Morgan fingerprint density at radius 2 is 2.27 bits per heavy atom. The van der Waals surface area contributed by atoms with Crippen molar-refractivity contribution < 1.29 is 12.1 Å². The van der Waals surface area contributed by atoms with Gasteiger partial charge in [0.05, 0.1) is 12.6 Å². The van der Waals surface area contributed by atoms with Gasteiger partial charge >= 0.3 is 0 Å². The maximum atomic E-state index is 13.3. The Bertz CT molecular complexity index is 916. The Morgan fingerprint density at radius 3 is 3.05 bits per heavy atom. The van der Waals surface area contributed by atoms with Crippen molar-refractivity contribution in [3.63, 3.8) is 0 Å². The molecule has 0 atom stereocenters. The summed E-state index contributed by atoms with van der Waals surface area (Å²) >= 11 is 0.117. The second-order valence-corrected chi connectivity index (χ2v) is 4.87. The van der Waals surface area contributed by atoms with Gasteiger partial charge in [-0.1, -0.05) is 11.8 Å². The number of benzene rings is 1. The largest absolute Gasteiger partial charge is 0.339 e. The van der Waals surface area contributed by atoms with Crippen molar-refractivity contribution >= 4 is 40.1 Å². The number of anilines is 2. The van der Waals surface area contributed by atoms with Crippen LogP contribution in [0.2, 0.25) is 0 Å². The number of hydrogen-bond donors (Lipinski definition) is 2. The molecule has 22 heavy (non-hydrogen) atoms. The molecular weight excluding hydrogens is 310 g/mol. The van der Waals surface area contributed by atoms with Crippen LogP contribution >= 0.6 is 11.8 Å². The molecule has 8 nitrogen and oxygen atoms in total. The molecule has 2 N–H and O–H groups in total. The lowest BCUT2D eigenvalue weighted by atomic mass is 10.3. The highest BCUT2D eigenvalue weighted by Gasteiger charge is 2.15. The van der Waals surface area contributed by atoms with Crippen LogP contribution in [0.3, 0.4) is 0 Å². The Kier molecular flexibility index (Phi) is 3.20. The van der Waals surface area contributed by atoms with Crippen LogP contribution in [0.15, 0.2) is 35.5 Å². The Balaban J connectivity index is 1.96. The van der Waals surface area contributed by atoms with Crippen LogP contribution in [-0.2, 0) is 0 Å². The van der Waals surface area contributed by atoms with Gasteiger partial charge in [0.15, 0.2) is 11.3 Å². The predicted molar refractivity (Wildman–Crippen MR) is 79.9 cm³/mol. The first-order chi connectivity index (χ1) is 11.3. The van der Waals surface area contributed by atoms with Crippen molar-refractivity contribution in [1.29, 1.82) is 0 Å². The molecule has 0 unspecified atom stereocenters. The Hall–Kier alpha value is -2.75. The maximum Gasteiger partial charge on any atom is 0.283 e. The lowest BCUT2D eigenvalue weighted by Crippen LogP contribution is -1.95. The zero-order valence-corrected chi connectivity index (χ0v) is 11.6. The number of aromatic nitrogens is 4. The zero-order valence-electron chi connectivity index (χ0n) is 12.8. The third kappa shape index (κ3) is 2.68. The molecule has 3 aromatic rings. The van der Waals surface area contributed by atoms with Gasteiger partial charge in [0.2, 0.25) is 5.65 Å². The van der Waals surface area contributed by atoms with Crippen molar-refractivity contribution in [2.45, 2.75) is 4.90 Å². The van der Waals surface area contributed by atoms with Crippen molar-refractivity contribution in [1.82, 2.24) is 20.2 Å². The fourth-order valence-corrected chi connectivity index (χ4v) is 2.36. The molecule has 0 aliphatic rings. The lowest BCUT2D eigenvalue weighted by molar-refractivity contribution is -0.387. The van der Waals surface area contributed by atoms with Gasteiger partial charge in [-0.05, 0) is 12.1 Å². The minimum Gasteiger partial charge on any atom is -0.339 e. The summed E-state index contributed by atoms with van der Waals surface area (Å²) in [5.41, 5.74) is 0.840. The average Bonchev–Trinajstić information content (AvgIpc) is 2.89. The molecule has 0 saturated heterocycles. The second-order valence-electron chi connectivity index (χ2n) is 4.07. The Labute approximate surface area is 130 Å². The number of aromatic amines is 1. The van der Waals surface area contributed by atoms with Crippen LogP contribution in [0, 0.1) is 10.1 Å². The van der Waals surface area contributed by atoms with Gasteiger partial charge in [-0.3, -0.25) is 15.2 Å². The van der Waals surface area contributed by atoms with E-state index in [-0.39, 0.29) is 22.3 Å². The molecule has 2 aromatic heterocycles. The van der Waals surface area contributed by atoms with Gasteiger partial charge in [-0.2, -0.15) is 5.10 Å². The van der Waals surface area contributed by atoms with E-state index < -0.39 is 10.9 Å². The number of H-pyrrole nitrogens is 1. The van der Waals surface area contributed by atoms with Crippen LogP contribution in [0.4, 0.5) is 21.6 Å². The molecule has 0 radical (unpaired) electrons. The number of halogens is 1. The van der Waals surface area contributed by atoms with Crippen molar-refractivity contribution in [2.75, 3.05) is 11.3 Å². The number of hydrogen-bond acceptors (Lipinski definition) is 7. The summed E-state index contributed by atoms with van der Waals surface area (Å²) in [5, 5.41) is 20.6. The van der Waals surface area contributed by atoms with Crippen molar-refractivity contribution in [2.24, 2.45) is 0 Å². The fraction of sp³-hybridized carbons (Fsp3) is 0.0833. The normalized spacial score (nSPS) is 12.8. The highest BCUT2D eigenvalue weighted by atomic mass is 32.2. The van der Waals surface area contributed by atoms with E-state index in [1.807, 2.05) is 0 Å². The third-order valence-corrected chi connectivity index (χ3v) is 3.39. The molecule has 0 fully saturated rings. The third-order valence-electron chi connectivity index (χ3n) is 2.76. The number of nitro groups is 1. The fourth-order valence-electron chi connectivity index (χ4n) is 1.85. The van der Waals surface area contributed by atoms with E-state index in [1.165, 1.54) is 30.6 Å². The molecule has 2 heterocycles. The number of nitro benzene ring substituents is 1. The number of fused-ring (bicyclic) bond motifs is 1. The van der Waals surface area contributed by atoms with Gasteiger partial charge in [-0.25, -0.2) is 14.4 Å². The second kappa shape index (κ2) is 5.93. The molecule has 0 amide bonds. The van der Waals surface area contributed by atoms with Gasteiger partial charge in [0.25, 0.3) is 5.69 Å². The first-order valence-electron chi connectivity index (χ1n) is 6.92. The number of nitrogens with one attached hydrogen (secondary N) is 2. The summed E-state index contributed by atoms with van der Waals surface area (Å²) in [7, 11) is 0. The number of rotatable bonds is 5. The van der Waals surface area contributed by atoms with Gasteiger partial charge in [0.1, 0.15) is 5.96 Å². The van der Waals surface area contributed by atoms with Crippen LogP contribution in [0.1, 0.15) is 2.74 Å². The molecule has 1 aromatic carbocycles. The zero-order chi connectivity index (χ0) is 17.3. The van der Waals surface area contributed by atoms with Crippen LogP contribution in [0.25, 0.3) is 11.2 Å². The summed E-state index contributed by atoms with van der Waals surface area (Å²) in [6.07, 6.45) is 2.97. The molecule has 0 saturated carbocycles. The predicted octanol–water partition coefficient (Wildman–Crippen LogP) is 3.02. The average molecular weight is 321 g/mol. The van der Waals surface area contributed by atoms with E-state index in [9.17, 15) is 14.5 Å². The van der Waals surface area contributed by atoms with Crippen LogP contribution in [0.5, 0.6) is 0 Å². The topological polar surface area (TPSA) is 110 Å². The SMILES string of the molecule is [2H]C([2H])([18F])Sc1cc(Nc2[nH]nc3nccnc23)ccc1[N+](=O)[O-]. The van der Waals surface area contributed by atoms with Gasteiger partial charge in [0, 0.05) is 24.1 Å². The minimum atomic E-state index is -3.14. The van der Waals surface area contributed by atoms with E-state index in [4.69, 9.17) is 2.74 Å². The smallest absolute Gasteiger partial charge is 0.283 e. The molecular formula is C12H9FN6O2S. The molecule has 10 heteroatoms. The van der Waals surface area contributed by atoms with E-state index in [0.717, 1.165) is 0 Å². The summed E-state index contributed by atoms with van der Waals surface area (Å²) in [6.45, 7) is 0. The molecule has 0 aliphatic heterocycles. The first kappa shape index (κ1) is 11.9. The van der Waals surface area contributed by atoms with E-state index >= 15 is 0 Å². The monoisotopic (exact) mass is 321 g/mol. The molecule has 0 bridgehead atoms. The van der Waals surface area contributed by atoms with Crippen molar-refractivity contribution in [3.8, 4) is 0 Å².